The first-order valence-electron chi connectivity index (χ1n) is 11.9. The summed E-state index contributed by atoms with van der Waals surface area (Å²) in [6.45, 7) is 3.48. The number of nitrogens with zero attached hydrogens (tertiary/aromatic N) is 2. The smallest absolute Gasteiger partial charge is 0.244 e. The molecule has 1 aliphatic rings. The lowest BCUT2D eigenvalue weighted by atomic mass is 9.95. The molecule has 0 heterocycles. The fraction of sp³-hybridized carbons (Fsp3) is 0.462. The van der Waals surface area contributed by atoms with Gasteiger partial charge in [0.2, 0.25) is 21.8 Å². The summed E-state index contributed by atoms with van der Waals surface area (Å²) in [5.74, 6) is -0.654. The average molecular weight is 565 g/mol. The molecule has 1 atom stereocenters. The molecule has 7 nitrogen and oxygen atoms in total. The summed E-state index contributed by atoms with van der Waals surface area (Å²) in [6.07, 6.45) is 6.30. The third-order valence-corrected chi connectivity index (χ3v) is 8.02. The van der Waals surface area contributed by atoms with Crippen molar-refractivity contribution in [1.82, 2.24) is 10.2 Å². The lowest BCUT2D eigenvalue weighted by Gasteiger charge is -2.33. The number of carbonyl (C=O) groups is 2. The topological polar surface area (TPSA) is 86.8 Å². The van der Waals surface area contributed by atoms with E-state index in [0.29, 0.717) is 5.69 Å². The number of sulfonamides is 1. The molecule has 2 aromatic carbocycles. The predicted molar refractivity (Wildman–Crippen MR) is 143 cm³/mol. The van der Waals surface area contributed by atoms with E-state index in [1.807, 2.05) is 31.2 Å². The summed E-state index contributed by atoms with van der Waals surface area (Å²) in [7, 11) is -3.74. The van der Waals surface area contributed by atoms with Crippen LogP contribution in [0.25, 0.3) is 0 Å². The van der Waals surface area contributed by atoms with Crippen molar-refractivity contribution in [2.45, 2.75) is 64.6 Å². The van der Waals surface area contributed by atoms with Gasteiger partial charge >= 0.3 is 0 Å². The number of halogens is 1. The van der Waals surface area contributed by atoms with Crippen LogP contribution in [0.2, 0.25) is 0 Å². The van der Waals surface area contributed by atoms with Crippen LogP contribution in [-0.2, 0) is 26.2 Å². The molecule has 190 valence electrons. The molecule has 1 saturated carbocycles. The van der Waals surface area contributed by atoms with Gasteiger partial charge in [-0.25, -0.2) is 8.42 Å². The van der Waals surface area contributed by atoms with Gasteiger partial charge in [-0.05, 0) is 56.5 Å². The van der Waals surface area contributed by atoms with Gasteiger partial charge in [0.05, 0.1) is 11.9 Å². The van der Waals surface area contributed by atoms with Gasteiger partial charge in [0.25, 0.3) is 0 Å². The van der Waals surface area contributed by atoms with Crippen molar-refractivity contribution in [2.24, 2.45) is 0 Å². The first-order chi connectivity index (χ1) is 16.5. The zero-order valence-corrected chi connectivity index (χ0v) is 22.9. The normalized spacial score (nSPS) is 15.3. The molecule has 3 rings (SSSR count). The number of aryl methyl sites for hydroxylation is 1. The highest BCUT2D eigenvalue weighted by Crippen LogP contribution is 2.22. The van der Waals surface area contributed by atoms with E-state index < -0.39 is 28.5 Å². The number of amides is 2. The summed E-state index contributed by atoms with van der Waals surface area (Å²) in [4.78, 5) is 28.2. The van der Waals surface area contributed by atoms with Gasteiger partial charge in [-0.1, -0.05) is 65.0 Å². The van der Waals surface area contributed by atoms with Gasteiger partial charge in [-0.2, -0.15) is 0 Å². The van der Waals surface area contributed by atoms with Crippen molar-refractivity contribution in [3.05, 3.63) is 64.1 Å². The maximum absolute atomic E-state index is 13.6. The molecule has 0 unspecified atom stereocenters. The summed E-state index contributed by atoms with van der Waals surface area (Å²) >= 11 is 3.35. The minimum Gasteiger partial charge on any atom is -0.352 e. The molecule has 0 aromatic heterocycles. The Balaban J connectivity index is 1.86. The molecular weight excluding hydrogens is 530 g/mol. The van der Waals surface area contributed by atoms with E-state index in [1.54, 1.807) is 31.2 Å². The molecule has 0 bridgehead atoms. The van der Waals surface area contributed by atoms with Crippen molar-refractivity contribution in [2.75, 3.05) is 17.1 Å². The van der Waals surface area contributed by atoms with Crippen molar-refractivity contribution in [1.29, 1.82) is 0 Å². The molecule has 0 saturated heterocycles. The molecule has 0 spiro atoms. The maximum atomic E-state index is 13.6. The lowest BCUT2D eigenvalue weighted by Crippen LogP contribution is -2.52. The molecular formula is C26H34BrN3O4S. The van der Waals surface area contributed by atoms with E-state index in [-0.39, 0.29) is 18.5 Å². The SMILES string of the molecule is Cc1cccc(CN(C(=O)CN(c2ccc(Br)cc2)S(C)(=O)=O)[C@H](C)C(=O)NC2CCCCC2)c1. The van der Waals surface area contributed by atoms with Crippen LogP contribution in [0.15, 0.2) is 53.0 Å². The Kier molecular flexibility index (Phi) is 9.35. The monoisotopic (exact) mass is 563 g/mol. The van der Waals surface area contributed by atoms with E-state index in [4.69, 9.17) is 0 Å². The van der Waals surface area contributed by atoms with Crippen LogP contribution in [0.5, 0.6) is 0 Å². The minimum atomic E-state index is -3.74. The van der Waals surface area contributed by atoms with Gasteiger partial charge in [-0.3, -0.25) is 13.9 Å². The molecule has 0 radical (unpaired) electrons. The summed E-state index contributed by atoms with van der Waals surface area (Å²) < 4.78 is 27.1. The van der Waals surface area contributed by atoms with Crippen molar-refractivity contribution in [3.8, 4) is 0 Å². The van der Waals surface area contributed by atoms with Crippen LogP contribution >= 0.6 is 15.9 Å². The number of hydrogen-bond donors (Lipinski definition) is 1. The fourth-order valence-corrected chi connectivity index (χ4v) is 5.49. The molecule has 2 amide bonds. The number of carbonyl (C=O) groups excluding carboxylic acids is 2. The first kappa shape index (κ1) is 27.2. The van der Waals surface area contributed by atoms with Crippen LogP contribution in [0.4, 0.5) is 5.69 Å². The van der Waals surface area contributed by atoms with E-state index in [1.165, 1.54) is 11.3 Å². The Morgan fingerprint density at radius 1 is 1.09 bits per heavy atom. The molecule has 1 fully saturated rings. The summed E-state index contributed by atoms with van der Waals surface area (Å²) in [5, 5.41) is 3.10. The van der Waals surface area contributed by atoms with E-state index >= 15 is 0 Å². The molecule has 35 heavy (non-hydrogen) atoms. The highest BCUT2D eigenvalue weighted by atomic mass is 79.9. The Labute approximate surface area is 217 Å². The van der Waals surface area contributed by atoms with Gasteiger partial charge in [0.15, 0.2) is 0 Å². The second kappa shape index (κ2) is 12.0. The van der Waals surface area contributed by atoms with Crippen LogP contribution in [0.3, 0.4) is 0 Å². The standard InChI is InChI=1S/C26H34BrN3O4S/c1-19-8-7-9-21(16-19)17-29(20(2)26(32)28-23-10-5-4-6-11-23)25(31)18-30(35(3,33)34)24-14-12-22(27)13-15-24/h7-9,12-16,20,23H,4-6,10-11,17-18H2,1-3H3,(H,28,32)/t20-/m1/s1. The van der Waals surface area contributed by atoms with Crippen molar-refractivity contribution in [3.63, 3.8) is 0 Å². The van der Waals surface area contributed by atoms with Gasteiger partial charge in [0, 0.05) is 17.1 Å². The summed E-state index contributed by atoms with van der Waals surface area (Å²) in [6, 6.07) is 13.8. The Bertz CT molecular complexity index is 1130. The van der Waals surface area contributed by atoms with Crippen LogP contribution in [-0.4, -0.2) is 50.0 Å². The number of nitrogens with one attached hydrogen (secondary N) is 1. The zero-order chi connectivity index (χ0) is 25.6. The highest BCUT2D eigenvalue weighted by Gasteiger charge is 2.31. The average Bonchev–Trinajstić information content (AvgIpc) is 2.81. The number of rotatable bonds is 9. The lowest BCUT2D eigenvalue weighted by molar-refractivity contribution is -0.139. The first-order valence-corrected chi connectivity index (χ1v) is 14.6. The second-order valence-electron chi connectivity index (χ2n) is 9.28. The molecule has 0 aliphatic heterocycles. The van der Waals surface area contributed by atoms with E-state index in [9.17, 15) is 18.0 Å². The molecule has 9 heteroatoms. The van der Waals surface area contributed by atoms with Gasteiger partial charge in [0.1, 0.15) is 12.6 Å². The molecule has 1 N–H and O–H groups in total. The second-order valence-corrected chi connectivity index (χ2v) is 12.1. The van der Waals surface area contributed by atoms with Crippen molar-refractivity contribution >= 4 is 43.5 Å². The quantitative estimate of drug-likeness (QED) is 0.490. The van der Waals surface area contributed by atoms with Crippen LogP contribution in [0, 0.1) is 6.92 Å². The highest BCUT2D eigenvalue weighted by molar-refractivity contribution is 9.10. The van der Waals surface area contributed by atoms with E-state index in [2.05, 4.69) is 21.2 Å². The number of anilines is 1. The Morgan fingerprint density at radius 2 is 1.74 bits per heavy atom. The Morgan fingerprint density at radius 3 is 2.34 bits per heavy atom. The largest absolute Gasteiger partial charge is 0.352 e. The van der Waals surface area contributed by atoms with Crippen LogP contribution in [0.1, 0.15) is 50.2 Å². The number of benzene rings is 2. The Hall–Kier alpha value is -2.39. The zero-order valence-electron chi connectivity index (χ0n) is 20.5. The van der Waals surface area contributed by atoms with Gasteiger partial charge < -0.3 is 10.2 Å². The van der Waals surface area contributed by atoms with E-state index in [0.717, 1.165) is 51.8 Å². The fourth-order valence-electron chi connectivity index (χ4n) is 4.38. The van der Waals surface area contributed by atoms with Crippen LogP contribution < -0.4 is 9.62 Å². The van der Waals surface area contributed by atoms with Crippen molar-refractivity contribution < 1.29 is 18.0 Å². The summed E-state index contributed by atoms with van der Waals surface area (Å²) in [5.41, 5.74) is 2.31. The molecule has 2 aromatic rings. The minimum absolute atomic E-state index is 0.116. The van der Waals surface area contributed by atoms with Gasteiger partial charge in [-0.15, -0.1) is 0 Å². The third-order valence-electron chi connectivity index (χ3n) is 6.35. The third kappa shape index (κ3) is 7.80. The number of hydrogen-bond acceptors (Lipinski definition) is 4. The maximum Gasteiger partial charge on any atom is 0.244 e. The predicted octanol–water partition coefficient (Wildman–Crippen LogP) is 4.39. The molecule has 1 aliphatic carbocycles.